The van der Waals surface area contributed by atoms with Crippen molar-refractivity contribution in [2.45, 2.75) is 0 Å². The fraction of sp³-hybridized carbons (Fsp3) is 0.143. The molecule has 0 heterocycles. The van der Waals surface area contributed by atoms with Crippen molar-refractivity contribution < 1.29 is 37.1 Å². The van der Waals surface area contributed by atoms with Crippen LogP contribution in [-0.2, 0) is 32.7 Å². The van der Waals surface area contributed by atoms with Gasteiger partial charge in [-0.3, -0.25) is 4.39 Å². The van der Waals surface area contributed by atoms with Gasteiger partial charge < -0.3 is 5.32 Å². The third-order valence-electron chi connectivity index (χ3n) is 1.06. The monoisotopic (exact) mass is 213 g/mol. The predicted molar refractivity (Wildman–Crippen MR) is 34.8 cm³/mol. The van der Waals surface area contributed by atoms with E-state index in [1.54, 1.807) is 19.2 Å². The molecular formula is C7H7FNY-. The molecule has 1 N–H and O–H groups in total. The van der Waals surface area contributed by atoms with Gasteiger partial charge in [-0.15, -0.1) is 6.07 Å². The summed E-state index contributed by atoms with van der Waals surface area (Å²) in [5.74, 6) is -0.264. The molecule has 0 aliphatic heterocycles. The van der Waals surface area contributed by atoms with Gasteiger partial charge in [-0.25, -0.2) is 0 Å². The van der Waals surface area contributed by atoms with Gasteiger partial charge in [-0.2, -0.15) is 18.2 Å². The van der Waals surface area contributed by atoms with E-state index in [0.717, 1.165) is 0 Å². The molecule has 10 heavy (non-hydrogen) atoms. The van der Waals surface area contributed by atoms with Crippen molar-refractivity contribution in [3.63, 3.8) is 0 Å². The van der Waals surface area contributed by atoms with Gasteiger partial charge in [0.05, 0.1) is 0 Å². The van der Waals surface area contributed by atoms with Crippen molar-refractivity contribution in [2.24, 2.45) is 0 Å². The standard InChI is InChI=1S/C7H7FN.Y/c1-9-7-5-3-2-4-6(7)8;/h2-4,9H,1H3;/q-1;. The molecule has 1 radical (unpaired) electrons. The largest absolute Gasteiger partial charge is 0.407 e. The molecule has 1 aromatic carbocycles. The van der Waals surface area contributed by atoms with Crippen LogP contribution in [0.3, 0.4) is 0 Å². The zero-order valence-corrected chi connectivity index (χ0v) is 8.53. The Balaban J connectivity index is 0.000000810. The smallest absolute Gasteiger partial charge is 0.0309 e. The van der Waals surface area contributed by atoms with E-state index in [4.69, 9.17) is 0 Å². The molecule has 3 heteroatoms. The Morgan fingerprint density at radius 3 is 2.70 bits per heavy atom. The molecular weight excluding hydrogens is 206 g/mol. The maximum atomic E-state index is 12.5. The Morgan fingerprint density at radius 2 is 2.30 bits per heavy atom. The van der Waals surface area contributed by atoms with E-state index in [1.807, 2.05) is 0 Å². The van der Waals surface area contributed by atoms with Crippen molar-refractivity contribution in [1.82, 2.24) is 0 Å². The summed E-state index contributed by atoms with van der Waals surface area (Å²) >= 11 is 0. The first-order valence-corrected chi connectivity index (χ1v) is 2.68. The van der Waals surface area contributed by atoms with E-state index in [9.17, 15) is 4.39 Å². The minimum atomic E-state index is -0.264. The number of hydrogen-bond acceptors (Lipinski definition) is 1. The summed E-state index contributed by atoms with van der Waals surface area (Å²) in [5, 5.41) is 2.66. The summed E-state index contributed by atoms with van der Waals surface area (Å²) < 4.78 is 12.5. The van der Waals surface area contributed by atoms with Gasteiger partial charge in [-0.05, 0) is 5.69 Å². The number of benzene rings is 1. The van der Waals surface area contributed by atoms with E-state index >= 15 is 0 Å². The summed E-state index contributed by atoms with van der Waals surface area (Å²) in [4.78, 5) is 0. The molecule has 1 rings (SSSR count). The molecule has 51 valence electrons. The van der Waals surface area contributed by atoms with Crippen LogP contribution in [0.5, 0.6) is 0 Å². The summed E-state index contributed by atoms with van der Waals surface area (Å²) in [6, 6.07) is 7.36. The molecule has 0 unspecified atom stereocenters. The van der Waals surface area contributed by atoms with E-state index in [-0.39, 0.29) is 38.5 Å². The number of halogens is 1. The van der Waals surface area contributed by atoms with E-state index < -0.39 is 0 Å². The summed E-state index contributed by atoms with van der Waals surface area (Å²) in [6.07, 6.45) is 0. The zero-order valence-electron chi connectivity index (χ0n) is 5.69. The van der Waals surface area contributed by atoms with E-state index in [1.165, 1.54) is 6.07 Å². The second-order valence-electron chi connectivity index (χ2n) is 1.64. The fourth-order valence-electron chi connectivity index (χ4n) is 0.608. The average molecular weight is 213 g/mol. The van der Waals surface area contributed by atoms with E-state index in [2.05, 4.69) is 11.4 Å². The Labute approximate surface area is 84.9 Å². The second-order valence-corrected chi connectivity index (χ2v) is 1.64. The van der Waals surface area contributed by atoms with Crippen LogP contribution in [0.1, 0.15) is 0 Å². The van der Waals surface area contributed by atoms with Gasteiger partial charge in [0.2, 0.25) is 0 Å². The number of rotatable bonds is 1. The third kappa shape index (κ3) is 2.35. The molecule has 0 bridgehead atoms. The van der Waals surface area contributed by atoms with Gasteiger partial charge in [-0.1, -0.05) is 0 Å². The molecule has 0 amide bonds. The average Bonchev–Trinajstić information content (AvgIpc) is 1.89. The van der Waals surface area contributed by atoms with Crippen molar-refractivity contribution in [3.8, 4) is 0 Å². The van der Waals surface area contributed by atoms with Crippen molar-refractivity contribution >= 4 is 5.69 Å². The maximum absolute atomic E-state index is 12.5. The molecule has 0 atom stereocenters. The van der Waals surface area contributed by atoms with Crippen LogP contribution in [0.4, 0.5) is 10.1 Å². The molecule has 1 aromatic rings. The number of nitrogens with one attached hydrogen (secondary N) is 1. The van der Waals surface area contributed by atoms with Gasteiger partial charge >= 0.3 is 0 Å². The quantitative estimate of drug-likeness (QED) is 0.699. The first-order chi connectivity index (χ1) is 4.34. The first-order valence-electron chi connectivity index (χ1n) is 2.68. The van der Waals surface area contributed by atoms with Crippen LogP contribution in [0.2, 0.25) is 0 Å². The van der Waals surface area contributed by atoms with Crippen LogP contribution in [0.25, 0.3) is 0 Å². The SMILES string of the molecule is CNc1[c-]cccc1F.[Y]. The molecule has 0 aliphatic rings. The molecule has 0 saturated heterocycles. The van der Waals surface area contributed by atoms with Crippen LogP contribution in [-0.4, -0.2) is 7.05 Å². The molecule has 0 aliphatic carbocycles. The number of hydrogen-bond donors (Lipinski definition) is 1. The van der Waals surface area contributed by atoms with Crippen molar-refractivity contribution in [1.29, 1.82) is 0 Å². The van der Waals surface area contributed by atoms with Crippen molar-refractivity contribution in [3.05, 3.63) is 30.1 Å². The molecule has 0 saturated carbocycles. The van der Waals surface area contributed by atoms with Crippen LogP contribution in [0, 0.1) is 11.9 Å². The molecule has 0 fully saturated rings. The first kappa shape index (κ1) is 10.1. The maximum Gasteiger partial charge on any atom is 0.0309 e. The van der Waals surface area contributed by atoms with Crippen LogP contribution >= 0.6 is 0 Å². The molecule has 0 spiro atoms. The van der Waals surface area contributed by atoms with Gasteiger partial charge in [0.1, 0.15) is 0 Å². The van der Waals surface area contributed by atoms with Crippen LogP contribution < -0.4 is 5.32 Å². The molecule has 1 nitrogen and oxygen atoms in total. The number of anilines is 1. The van der Waals surface area contributed by atoms with Crippen LogP contribution in [0.15, 0.2) is 18.2 Å². The van der Waals surface area contributed by atoms with Crippen molar-refractivity contribution in [2.75, 3.05) is 12.4 Å². The summed E-state index contributed by atoms with van der Waals surface area (Å²) in [7, 11) is 1.66. The summed E-state index contributed by atoms with van der Waals surface area (Å²) in [6.45, 7) is 0. The van der Waals surface area contributed by atoms with Gasteiger partial charge in [0.25, 0.3) is 0 Å². The second kappa shape index (κ2) is 4.81. The number of para-hydroxylation sites is 1. The zero-order chi connectivity index (χ0) is 6.69. The predicted octanol–water partition coefficient (Wildman–Crippen LogP) is 1.67. The third-order valence-corrected chi connectivity index (χ3v) is 1.06. The minimum absolute atomic E-state index is 0. The fourth-order valence-corrected chi connectivity index (χ4v) is 0.608. The minimum Gasteiger partial charge on any atom is -0.407 e. The van der Waals surface area contributed by atoms with Gasteiger partial charge in [0.15, 0.2) is 0 Å². The summed E-state index contributed by atoms with van der Waals surface area (Å²) in [5.41, 5.74) is 0.414. The normalized spacial score (nSPS) is 8.20. The van der Waals surface area contributed by atoms with Gasteiger partial charge in [0, 0.05) is 45.6 Å². The Kier molecular flexibility index (Phi) is 4.83. The Morgan fingerprint density at radius 1 is 1.60 bits per heavy atom. The molecule has 0 aromatic heterocycles. The topological polar surface area (TPSA) is 12.0 Å². The Hall–Kier alpha value is 0.0539. The van der Waals surface area contributed by atoms with E-state index in [0.29, 0.717) is 5.69 Å². The Bertz CT molecular complexity index is 203.